The number of hydrogen-bond donors (Lipinski definition) is 0. The standard InChI is InChI=1S/C36H74O10/c1-4-5-6-7-8-9-10-11-12-13-14-15-16-17-37-18-19-38-20-21-39-22-23-40-24-25-41-26-27-42-28-29-43-30-31-44-32-33-45-34-35-46-36(2)3/h36H,4-35H2,1-3H3. The van der Waals surface area contributed by atoms with Crippen molar-refractivity contribution < 1.29 is 47.4 Å². The zero-order valence-electron chi connectivity index (χ0n) is 30.3. The Kier molecular flexibility index (Phi) is 42.3. The molecule has 10 heteroatoms. The quantitative estimate of drug-likeness (QED) is 0.0660. The van der Waals surface area contributed by atoms with E-state index in [2.05, 4.69) is 6.92 Å². The third-order valence-electron chi connectivity index (χ3n) is 7.05. The summed E-state index contributed by atoms with van der Waals surface area (Å²) in [7, 11) is 0. The highest BCUT2D eigenvalue weighted by molar-refractivity contribution is 4.49. The molecule has 0 atom stereocenters. The van der Waals surface area contributed by atoms with E-state index in [1.165, 1.54) is 77.0 Å². The molecule has 0 bridgehead atoms. The Morgan fingerprint density at radius 3 is 0.739 bits per heavy atom. The molecule has 278 valence electrons. The molecule has 0 rings (SSSR count). The first-order valence-corrected chi connectivity index (χ1v) is 18.6. The molecule has 0 N–H and O–H groups in total. The van der Waals surface area contributed by atoms with Gasteiger partial charge in [0.1, 0.15) is 0 Å². The zero-order valence-corrected chi connectivity index (χ0v) is 30.3. The fourth-order valence-corrected chi connectivity index (χ4v) is 4.43. The summed E-state index contributed by atoms with van der Waals surface area (Å²) in [6.07, 6.45) is 18.1. The van der Waals surface area contributed by atoms with Gasteiger partial charge in [-0.25, -0.2) is 0 Å². The van der Waals surface area contributed by atoms with Gasteiger partial charge in [0, 0.05) is 6.61 Å². The van der Waals surface area contributed by atoms with Gasteiger partial charge in [0.25, 0.3) is 0 Å². The Morgan fingerprint density at radius 1 is 0.261 bits per heavy atom. The van der Waals surface area contributed by atoms with Crippen molar-refractivity contribution in [3.8, 4) is 0 Å². The van der Waals surface area contributed by atoms with Crippen LogP contribution in [0.25, 0.3) is 0 Å². The Morgan fingerprint density at radius 2 is 0.478 bits per heavy atom. The second kappa shape index (κ2) is 42.6. The van der Waals surface area contributed by atoms with Gasteiger partial charge in [-0.05, 0) is 20.3 Å². The van der Waals surface area contributed by atoms with Gasteiger partial charge in [0.05, 0.1) is 125 Å². The molecule has 0 heterocycles. The average Bonchev–Trinajstić information content (AvgIpc) is 3.05. The number of hydrogen-bond acceptors (Lipinski definition) is 10. The molecule has 0 radical (unpaired) electrons. The van der Waals surface area contributed by atoms with Crippen molar-refractivity contribution in [2.75, 3.05) is 126 Å². The number of unbranched alkanes of at least 4 members (excludes halogenated alkanes) is 12. The van der Waals surface area contributed by atoms with Crippen LogP contribution in [0.4, 0.5) is 0 Å². The summed E-state index contributed by atoms with van der Waals surface area (Å²) in [6, 6.07) is 0. The second-order valence-corrected chi connectivity index (χ2v) is 11.7. The minimum absolute atomic E-state index is 0.237. The molecule has 0 aromatic rings. The first-order valence-electron chi connectivity index (χ1n) is 18.6. The summed E-state index contributed by atoms with van der Waals surface area (Å²) >= 11 is 0. The van der Waals surface area contributed by atoms with E-state index in [4.69, 9.17) is 47.4 Å². The molecular weight excluding hydrogens is 592 g/mol. The number of rotatable bonds is 42. The van der Waals surface area contributed by atoms with Crippen molar-refractivity contribution >= 4 is 0 Å². The van der Waals surface area contributed by atoms with Crippen molar-refractivity contribution in [2.45, 2.75) is 110 Å². The maximum absolute atomic E-state index is 5.67. The predicted octanol–water partition coefficient (Wildman–Crippen LogP) is 6.65. The van der Waals surface area contributed by atoms with Crippen LogP contribution >= 0.6 is 0 Å². The molecular formula is C36H74O10. The summed E-state index contributed by atoms with van der Waals surface area (Å²) in [5, 5.41) is 0. The van der Waals surface area contributed by atoms with E-state index < -0.39 is 0 Å². The highest BCUT2D eigenvalue weighted by Gasteiger charge is 1.98. The lowest BCUT2D eigenvalue weighted by atomic mass is 10.0. The van der Waals surface area contributed by atoms with Crippen LogP contribution in [-0.4, -0.2) is 132 Å². The molecule has 0 aromatic carbocycles. The first kappa shape index (κ1) is 45.6. The Balaban J connectivity index is 3.04. The van der Waals surface area contributed by atoms with Gasteiger partial charge < -0.3 is 47.4 Å². The summed E-state index contributed by atoms with van der Waals surface area (Å²) in [4.78, 5) is 0. The summed E-state index contributed by atoms with van der Waals surface area (Å²) < 4.78 is 55.0. The van der Waals surface area contributed by atoms with Crippen LogP contribution in [0, 0.1) is 0 Å². The third kappa shape index (κ3) is 43.6. The lowest BCUT2D eigenvalue weighted by molar-refractivity contribution is -0.0279. The second-order valence-electron chi connectivity index (χ2n) is 11.7. The lowest BCUT2D eigenvalue weighted by Gasteiger charge is -2.09. The Labute approximate surface area is 283 Å². The van der Waals surface area contributed by atoms with Gasteiger partial charge in [-0.1, -0.05) is 84.0 Å². The van der Waals surface area contributed by atoms with E-state index in [1.54, 1.807) is 0 Å². The Hall–Kier alpha value is -0.400. The molecule has 0 spiro atoms. The maximum Gasteiger partial charge on any atom is 0.0703 e. The molecule has 0 aliphatic rings. The van der Waals surface area contributed by atoms with Crippen molar-refractivity contribution in [1.82, 2.24) is 0 Å². The molecule has 0 aromatic heterocycles. The molecule has 0 amide bonds. The highest BCUT2D eigenvalue weighted by Crippen LogP contribution is 2.12. The van der Waals surface area contributed by atoms with Gasteiger partial charge in [-0.3, -0.25) is 0 Å². The van der Waals surface area contributed by atoms with Crippen LogP contribution in [-0.2, 0) is 47.4 Å². The maximum atomic E-state index is 5.67. The van der Waals surface area contributed by atoms with Crippen LogP contribution in [0.5, 0.6) is 0 Å². The van der Waals surface area contributed by atoms with Crippen molar-refractivity contribution in [3.05, 3.63) is 0 Å². The summed E-state index contributed by atoms with van der Waals surface area (Å²) in [5.74, 6) is 0. The molecule has 46 heavy (non-hydrogen) atoms. The Bertz CT molecular complexity index is 527. The minimum Gasteiger partial charge on any atom is -0.379 e. The van der Waals surface area contributed by atoms with Crippen LogP contribution in [0.15, 0.2) is 0 Å². The van der Waals surface area contributed by atoms with Gasteiger partial charge in [-0.15, -0.1) is 0 Å². The van der Waals surface area contributed by atoms with Crippen LogP contribution in [0.2, 0.25) is 0 Å². The SMILES string of the molecule is CCCCCCCCCCCCCCCOCCOCCOCCOCCOCCOCCOCCOCCOCCOC(C)C. The topological polar surface area (TPSA) is 92.3 Å². The van der Waals surface area contributed by atoms with E-state index in [9.17, 15) is 0 Å². The van der Waals surface area contributed by atoms with Crippen LogP contribution in [0.3, 0.4) is 0 Å². The average molecular weight is 667 g/mol. The van der Waals surface area contributed by atoms with Crippen molar-refractivity contribution in [1.29, 1.82) is 0 Å². The summed E-state index contributed by atoms with van der Waals surface area (Å²) in [6.45, 7) is 17.3. The van der Waals surface area contributed by atoms with Crippen molar-refractivity contribution in [3.63, 3.8) is 0 Å². The van der Waals surface area contributed by atoms with Crippen molar-refractivity contribution in [2.24, 2.45) is 0 Å². The van der Waals surface area contributed by atoms with Gasteiger partial charge in [0.2, 0.25) is 0 Å². The normalized spacial score (nSPS) is 11.7. The van der Waals surface area contributed by atoms with E-state index in [0.717, 1.165) is 13.0 Å². The highest BCUT2D eigenvalue weighted by atomic mass is 16.6. The predicted molar refractivity (Wildman–Crippen MR) is 184 cm³/mol. The molecule has 0 aliphatic carbocycles. The van der Waals surface area contributed by atoms with E-state index in [1.807, 2.05) is 13.8 Å². The molecule has 0 fully saturated rings. The monoisotopic (exact) mass is 667 g/mol. The zero-order chi connectivity index (χ0) is 33.3. The third-order valence-corrected chi connectivity index (χ3v) is 7.05. The van der Waals surface area contributed by atoms with E-state index >= 15 is 0 Å². The fraction of sp³-hybridized carbons (Fsp3) is 1.00. The lowest BCUT2D eigenvalue weighted by Crippen LogP contribution is -2.15. The fourth-order valence-electron chi connectivity index (χ4n) is 4.43. The smallest absolute Gasteiger partial charge is 0.0703 e. The molecule has 10 nitrogen and oxygen atoms in total. The summed E-state index contributed by atoms with van der Waals surface area (Å²) in [5.41, 5.74) is 0. The van der Waals surface area contributed by atoms with Crippen LogP contribution in [0.1, 0.15) is 104 Å². The van der Waals surface area contributed by atoms with E-state index in [0.29, 0.717) is 119 Å². The van der Waals surface area contributed by atoms with Crippen LogP contribution < -0.4 is 0 Å². The van der Waals surface area contributed by atoms with Gasteiger partial charge >= 0.3 is 0 Å². The molecule has 0 saturated carbocycles. The van der Waals surface area contributed by atoms with Gasteiger partial charge in [0.15, 0.2) is 0 Å². The van der Waals surface area contributed by atoms with E-state index in [-0.39, 0.29) is 6.10 Å². The molecule has 0 unspecified atom stereocenters. The number of ether oxygens (including phenoxy) is 10. The molecule has 0 saturated heterocycles. The molecule has 0 aliphatic heterocycles. The minimum atomic E-state index is 0.237. The van der Waals surface area contributed by atoms with Gasteiger partial charge in [-0.2, -0.15) is 0 Å². The largest absolute Gasteiger partial charge is 0.379 e. The first-order chi connectivity index (χ1) is 22.8.